The fourth-order valence-electron chi connectivity index (χ4n) is 2.68. The maximum Gasteiger partial charge on any atom is 0.254 e. The molecule has 1 fully saturated rings. The van der Waals surface area contributed by atoms with Gasteiger partial charge >= 0.3 is 0 Å². The highest BCUT2D eigenvalue weighted by molar-refractivity contribution is 6.31. The SMILES string of the molecule is Cc1cc(Cl)cc(C(=O)N2CC(CN)CCC2C)c1. The summed E-state index contributed by atoms with van der Waals surface area (Å²) in [5.41, 5.74) is 7.42. The van der Waals surface area contributed by atoms with Crippen LogP contribution in [0.4, 0.5) is 0 Å². The molecule has 2 rings (SSSR count). The van der Waals surface area contributed by atoms with Crippen molar-refractivity contribution in [2.75, 3.05) is 13.1 Å². The number of aryl methyl sites for hydroxylation is 1. The van der Waals surface area contributed by atoms with Crippen molar-refractivity contribution in [1.29, 1.82) is 0 Å². The number of hydrogen-bond donors (Lipinski definition) is 1. The average Bonchev–Trinajstić information content (AvgIpc) is 2.37. The van der Waals surface area contributed by atoms with E-state index >= 15 is 0 Å². The minimum atomic E-state index is 0.0660. The Kier molecular flexibility index (Phi) is 4.48. The van der Waals surface area contributed by atoms with E-state index in [1.807, 2.05) is 24.0 Å². The lowest BCUT2D eigenvalue weighted by molar-refractivity contribution is 0.0567. The number of carbonyl (C=O) groups is 1. The third-order valence-electron chi connectivity index (χ3n) is 3.86. The minimum Gasteiger partial charge on any atom is -0.336 e. The quantitative estimate of drug-likeness (QED) is 0.905. The molecule has 1 aliphatic heterocycles. The van der Waals surface area contributed by atoms with Gasteiger partial charge in [0.1, 0.15) is 0 Å². The highest BCUT2D eigenvalue weighted by Gasteiger charge is 2.29. The number of nitrogens with two attached hydrogens (primary N) is 1. The standard InChI is InChI=1S/C15H21ClN2O/c1-10-5-13(7-14(16)6-10)15(19)18-9-12(8-17)4-3-11(18)2/h5-7,11-12H,3-4,8-9,17H2,1-2H3. The molecule has 0 aliphatic carbocycles. The van der Waals surface area contributed by atoms with Gasteiger partial charge in [-0.3, -0.25) is 4.79 Å². The van der Waals surface area contributed by atoms with Crippen LogP contribution in [0.5, 0.6) is 0 Å². The Morgan fingerprint density at radius 3 is 2.79 bits per heavy atom. The van der Waals surface area contributed by atoms with Crippen LogP contribution >= 0.6 is 11.6 Å². The van der Waals surface area contributed by atoms with E-state index < -0.39 is 0 Å². The Morgan fingerprint density at radius 2 is 2.16 bits per heavy atom. The summed E-state index contributed by atoms with van der Waals surface area (Å²) in [5, 5.41) is 0.614. The van der Waals surface area contributed by atoms with Crippen molar-refractivity contribution in [2.45, 2.75) is 32.7 Å². The first-order chi connectivity index (χ1) is 9.01. The molecule has 1 saturated heterocycles. The molecular weight excluding hydrogens is 260 g/mol. The van der Waals surface area contributed by atoms with Gasteiger partial charge in [0, 0.05) is 23.2 Å². The number of likely N-dealkylation sites (tertiary alicyclic amines) is 1. The highest BCUT2D eigenvalue weighted by atomic mass is 35.5. The maximum absolute atomic E-state index is 12.6. The number of nitrogens with zero attached hydrogens (tertiary/aromatic N) is 1. The molecule has 2 atom stereocenters. The van der Waals surface area contributed by atoms with Crippen molar-refractivity contribution in [2.24, 2.45) is 11.7 Å². The summed E-state index contributed by atoms with van der Waals surface area (Å²) in [6, 6.07) is 5.78. The van der Waals surface area contributed by atoms with Gasteiger partial charge in [-0.25, -0.2) is 0 Å². The van der Waals surface area contributed by atoms with Crippen LogP contribution in [-0.2, 0) is 0 Å². The molecule has 1 aliphatic rings. The van der Waals surface area contributed by atoms with E-state index in [-0.39, 0.29) is 11.9 Å². The molecule has 19 heavy (non-hydrogen) atoms. The van der Waals surface area contributed by atoms with Crippen LogP contribution in [0.25, 0.3) is 0 Å². The van der Waals surface area contributed by atoms with E-state index in [1.54, 1.807) is 6.07 Å². The molecular formula is C15H21ClN2O. The van der Waals surface area contributed by atoms with E-state index in [0.29, 0.717) is 23.0 Å². The number of hydrogen-bond acceptors (Lipinski definition) is 2. The maximum atomic E-state index is 12.6. The lowest BCUT2D eigenvalue weighted by atomic mass is 9.93. The molecule has 1 aromatic rings. The van der Waals surface area contributed by atoms with Gasteiger partial charge in [0.25, 0.3) is 5.91 Å². The van der Waals surface area contributed by atoms with Gasteiger partial charge < -0.3 is 10.6 Å². The normalized spacial score (nSPS) is 23.5. The zero-order chi connectivity index (χ0) is 14.0. The van der Waals surface area contributed by atoms with E-state index in [4.69, 9.17) is 17.3 Å². The molecule has 0 aromatic heterocycles. The molecule has 3 nitrogen and oxygen atoms in total. The van der Waals surface area contributed by atoms with Crippen LogP contribution in [0.3, 0.4) is 0 Å². The summed E-state index contributed by atoms with van der Waals surface area (Å²) in [7, 11) is 0. The second kappa shape index (κ2) is 5.93. The van der Waals surface area contributed by atoms with Crippen molar-refractivity contribution < 1.29 is 4.79 Å². The summed E-state index contributed by atoms with van der Waals surface area (Å²) >= 11 is 6.03. The Bertz CT molecular complexity index is 455. The molecule has 0 spiro atoms. The fourth-order valence-corrected chi connectivity index (χ4v) is 2.97. The van der Waals surface area contributed by atoms with Crippen LogP contribution in [0.1, 0.15) is 35.7 Å². The Morgan fingerprint density at radius 1 is 1.42 bits per heavy atom. The van der Waals surface area contributed by atoms with Gasteiger partial charge in [0.2, 0.25) is 0 Å². The first-order valence-electron chi connectivity index (χ1n) is 6.79. The molecule has 0 radical (unpaired) electrons. The monoisotopic (exact) mass is 280 g/mol. The zero-order valence-corrected chi connectivity index (χ0v) is 12.3. The van der Waals surface area contributed by atoms with E-state index in [2.05, 4.69) is 6.92 Å². The molecule has 4 heteroatoms. The average molecular weight is 281 g/mol. The number of piperidine rings is 1. The second-order valence-electron chi connectivity index (χ2n) is 5.50. The number of carbonyl (C=O) groups excluding carboxylic acids is 1. The van der Waals surface area contributed by atoms with Gasteiger partial charge in [-0.05, 0) is 62.9 Å². The lowest BCUT2D eigenvalue weighted by Gasteiger charge is -2.37. The Labute approximate surface area is 119 Å². The smallest absolute Gasteiger partial charge is 0.254 e. The van der Waals surface area contributed by atoms with Gasteiger partial charge in [-0.15, -0.1) is 0 Å². The molecule has 1 aromatic carbocycles. The van der Waals surface area contributed by atoms with E-state index in [0.717, 1.165) is 24.9 Å². The lowest BCUT2D eigenvalue weighted by Crippen LogP contribution is -2.47. The van der Waals surface area contributed by atoms with Crippen LogP contribution < -0.4 is 5.73 Å². The number of benzene rings is 1. The third-order valence-corrected chi connectivity index (χ3v) is 4.08. The minimum absolute atomic E-state index is 0.0660. The number of rotatable bonds is 2. The summed E-state index contributed by atoms with van der Waals surface area (Å²) in [6.07, 6.45) is 2.13. The van der Waals surface area contributed by atoms with Crippen LogP contribution in [0.15, 0.2) is 18.2 Å². The molecule has 0 bridgehead atoms. The summed E-state index contributed by atoms with van der Waals surface area (Å²) in [5.74, 6) is 0.483. The Hall–Kier alpha value is -1.06. The third kappa shape index (κ3) is 3.28. The van der Waals surface area contributed by atoms with Crippen molar-refractivity contribution in [3.05, 3.63) is 34.3 Å². The zero-order valence-electron chi connectivity index (χ0n) is 11.5. The molecule has 104 valence electrons. The van der Waals surface area contributed by atoms with Crippen molar-refractivity contribution in [3.63, 3.8) is 0 Å². The molecule has 1 amide bonds. The van der Waals surface area contributed by atoms with Crippen LogP contribution in [0.2, 0.25) is 5.02 Å². The van der Waals surface area contributed by atoms with Crippen molar-refractivity contribution >= 4 is 17.5 Å². The Balaban J connectivity index is 2.21. The predicted octanol–water partition coefficient (Wildman–Crippen LogP) is 2.85. The van der Waals surface area contributed by atoms with E-state index in [9.17, 15) is 4.79 Å². The largest absolute Gasteiger partial charge is 0.336 e. The predicted molar refractivity (Wildman–Crippen MR) is 78.5 cm³/mol. The van der Waals surface area contributed by atoms with Crippen molar-refractivity contribution in [1.82, 2.24) is 4.90 Å². The molecule has 1 heterocycles. The van der Waals surface area contributed by atoms with Gasteiger partial charge in [0.05, 0.1) is 0 Å². The molecule has 2 unspecified atom stereocenters. The topological polar surface area (TPSA) is 46.3 Å². The molecule has 2 N–H and O–H groups in total. The summed E-state index contributed by atoms with van der Waals surface area (Å²) < 4.78 is 0. The van der Waals surface area contributed by atoms with E-state index in [1.165, 1.54) is 0 Å². The van der Waals surface area contributed by atoms with Crippen molar-refractivity contribution in [3.8, 4) is 0 Å². The number of halogens is 1. The second-order valence-corrected chi connectivity index (χ2v) is 5.94. The fraction of sp³-hybridized carbons (Fsp3) is 0.533. The van der Waals surface area contributed by atoms with Crippen LogP contribution in [-0.4, -0.2) is 29.9 Å². The highest BCUT2D eigenvalue weighted by Crippen LogP contribution is 2.24. The summed E-state index contributed by atoms with van der Waals surface area (Å²) in [4.78, 5) is 14.5. The van der Waals surface area contributed by atoms with Gasteiger partial charge in [-0.2, -0.15) is 0 Å². The first kappa shape index (κ1) is 14.4. The van der Waals surface area contributed by atoms with Gasteiger partial charge in [-0.1, -0.05) is 11.6 Å². The van der Waals surface area contributed by atoms with Crippen LogP contribution in [0, 0.1) is 12.8 Å². The van der Waals surface area contributed by atoms with Gasteiger partial charge in [0.15, 0.2) is 0 Å². The molecule has 0 saturated carbocycles. The number of amides is 1. The summed E-state index contributed by atoms with van der Waals surface area (Å²) in [6.45, 7) is 5.44. The first-order valence-corrected chi connectivity index (χ1v) is 7.17.